The van der Waals surface area contributed by atoms with E-state index in [1.165, 1.54) is 0 Å². The highest BCUT2D eigenvalue weighted by Gasteiger charge is 2.48. The first-order valence-electron chi connectivity index (χ1n) is 9.43. The molecule has 2 aliphatic rings. The molecule has 8 heteroatoms. The number of hydrogen-bond acceptors (Lipinski definition) is 6. The Kier molecular flexibility index (Phi) is 6.73. The fraction of sp³-hybridized carbons (Fsp3) is 0.500. The van der Waals surface area contributed by atoms with E-state index in [0.29, 0.717) is 5.57 Å². The highest BCUT2D eigenvalue weighted by atomic mass is 79.9. The number of thioether (sulfide) groups is 1. The van der Waals surface area contributed by atoms with Crippen molar-refractivity contribution in [2.24, 2.45) is 5.92 Å². The summed E-state index contributed by atoms with van der Waals surface area (Å²) in [5.41, 5.74) is 1.98. The summed E-state index contributed by atoms with van der Waals surface area (Å²) < 4.78 is 6.41. The molecule has 1 amide bonds. The largest absolute Gasteiger partial charge is 0.460 e. The van der Waals surface area contributed by atoms with Crippen molar-refractivity contribution in [3.05, 3.63) is 45.6 Å². The van der Waals surface area contributed by atoms with E-state index in [0.717, 1.165) is 21.5 Å². The van der Waals surface area contributed by atoms with Crippen molar-refractivity contribution in [1.29, 1.82) is 0 Å². The molecule has 1 fully saturated rings. The SMILES string of the molecule is CCSC1NC(=O)C2C(NC(C)=C(C(=O)OC(C)C)C2c2cccc(Br)c2)N1. The zero-order valence-corrected chi connectivity index (χ0v) is 18.8. The number of ether oxygens (including phenoxy) is 1. The molecule has 0 bridgehead atoms. The van der Waals surface area contributed by atoms with E-state index in [9.17, 15) is 9.59 Å². The van der Waals surface area contributed by atoms with E-state index in [1.807, 2.05) is 52.0 Å². The summed E-state index contributed by atoms with van der Waals surface area (Å²) in [7, 11) is 0. The minimum atomic E-state index is -0.471. The normalized spacial score (nSPS) is 27.1. The number of carbonyl (C=O) groups excluding carboxylic acids is 2. The molecule has 3 N–H and O–H groups in total. The van der Waals surface area contributed by atoms with Gasteiger partial charge in [-0.1, -0.05) is 35.0 Å². The molecule has 1 aromatic carbocycles. The van der Waals surface area contributed by atoms with Crippen molar-refractivity contribution >= 4 is 39.6 Å². The van der Waals surface area contributed by atoms with Crippen molar-refractivity contribution in [3.63, 3.8) is 0 Å². The second-order valence-electron chi connectivity index (χ2n) is 7.18. The molecule has 0 aliphatic carbocycles. The van der Waals surface area contributed by atoms with E-state index in [-0.39, 0.29) is 29.6 Å². The van der Waals surface area contributed by atoms with E-state index in [2.05, 4.69) is 31.9 Å². The Morgan fingerprint density at radius 3 is 2.71 bits per heavy atom. The number of rotatable bonds is 5. The fourth-order valence-electron chi connectivity index (χ4n) is 3.77. The third-order valence-corrected chi connectivity index (χ3v) is 6.23. The Morgan fingerprint density at radius 2 is 2.07 bits per heavy atom. The molecule has 0 aromatic heterocycles. The van der Waals surface area contributed by atoms with E-state index in [1.54, 1.807) is 11.8 Å². The Hall–Kier alpha value is -1.51. The number of carbonyl (C=O) groups is 2. The predicted molar refractivity (Wildman–Crippen MR) is 114 cm³/mol. The molecule has 3 rings (SSSR count). The highest BCUT2D eigenvalue weighted by molar-refractivity contribution is 9.10. The van der Waals surface area contributed by atoms with Gasteiger partial charge in [0.05, 0.1) is 23.8 Å². The van der Waals surface area contributed by atoms with Gasteiger partial charge in [0.25, 0.3) is 0 Å². The van der Waals surface area contributed by atoms with Gasteiger partial charge in [-0.25, -0.2) is 4.79 Å². The van der Waals surface area contributed by atoms with Crippen molar-refractivity contribution < 1.29 is 14.3 Å². The maximum atomic E-state index is 13.1. The second kappa shape index (κ2) is 8.88. The van der Waals surface area contributed by atoms with Gasteiger partial charge in [-0.3, -0.25) is 10.1 Å². The summed E-state index contributed by atoms with van der Waals surface area (Å²) in [5, 5.41) is 9.82. The summed E-state index contributed by atoms with van der Waals surface area (Å²) in [6, 6.07) is 7.76. The maximum absolute atomic E-state index is 13.1. The van der Waals surface area contributed by atoms with Crippen LogP contribution in [-0.4, -0.2) is 35.4 Å². The molecule has 4 unspecified atom stereocenters. The van der Waals surface area contributed by atoms with Crippen LogP contribution in [0.3, 0.4) is 0 Å². The van der Waals surface area contributed by atoms with Crippen LogP contribution in [0.4, 0.5) is 0 Å². The van der Waals surface area contributed by atoms with Crippen LogP contribution in [-0.2, 0) is 14.3 Å². The summed E-state index contributed by atoms with van der Waals surface area (Å²) in [6.07, 6.45) is -0.505. The monoisotopic (exact) mass is 467 g/mol. The molecule has 1 saturated heterocycles. The smallest absolute Gasteiger partial charge is 0.336 e. The van der Waals surface area contributed by atoms with Gasteiger partial charge in [-0.05, 0) is 44.2 Å². The molecular formula is C20H26BrN3O3S. The van der Waals surface area contributed by atoms with Gasteiger partial charge in [-0.15, -0.1) is 11.8 Å². The molecule has 152 valence electrons. The summed E-state index contributed by atoms with van der Waals surface area (Å²) in [4.78, 5) is 26.0. The lowest BCUT2D eigenvalue weighted by Gasteiger charge is -2.45. The first kappa shape index (κ1) is 21.2. The van der Waals surface area contributed by atoms with Crippen molar-refractivity contribution in [1.82, 2.24) is 16.0 Å². The molecule has 0 radical (unpaired) electrons. The first-order valence-corrected chi connectivity index (χ1v) is 11.3. The Bertz CT molecular complexity index is 799. The van der Waals surface area contributed by atoms with Crippen LogP contribution in [0.5, 0.6) is 0 Å². The summed E-state index contributed by atoms with van der Waals surface area (Å²) >= 11 is 5.14. The van der Waals surface area contributed by atoms with E-state index >= 15 is 0 Å². The van der Waals surface area contributed by atoms with Crippen LogP contribution < -0.4 is 16.0 Å². The highest BCUT2D eigenvalue weighted by Crippen LogP contribution is 2.41. The molecule has 6 nitrogen and oxygen atoms in total. The number of esters is 1. The van der Waals surface area contributed by atoms with Gasteiger partial charge in [0.15, 0.2) is 0 Å². The molecule has 4 atom stereocenters. The minimum absolute atomic E-state index is 0.0745. The lowest BCUT2D eigenvalue weighted by molar-refractivity contribution is -0.143. The van der Waals surface area contributed by atoms with Gasteiger partial charge in [0.2, 0.25) is 5.91 Å². The summed E-state index contributed by atoms with van der Waals surface area (Å²) in [5.74, 6) is -0.460. The van der Waals surface area contributed by atoms with Crippen LogP contribution in [0.2, 0.25) is 0 Å². The van der Waals surface area contributed by atoms with Gasteiger partial charge in [0, 0.05) is 16.1 Å². The minimum Gasteiger partial charge on any atom is -0.460 e. The second-order valence-corrected chi connectivity index (χ2v) is 9.48. The third kappa shape index (κ3) is 4.39. The number of allylic oxidation sites excluding steroid dienone is 1. The molecule has 28 heavy (non-hydrogen) atoms. The van der Waals surface area contributed by atoms with Crippen molar-refractivity contribution in [2.75, 3.05) is 5.75 Å². The Morgan fingerprint density at radius 1 is 1.32 bits per heavy atom. The topological polar surface area (TPSA) is 79.5 Å². The van der Waals surface area contributed by atoms with Crippen LogP contribution >= 0.6 is 27.7 Å². The van der Waals surface area contributed by atoms with E-state index in [4.69, 9.17) is 4.74 Å². The molecule has 1 aromatic rings. The van der Waals surface area contributed by atoms with Crippen LogP contribution in [0.1, 0.15) is 39.2 Å². The lowest BCUT2D eigenvalue weighted by Crippen LogP contribution is -2.67. The number of halogens is 1. The van der Waals surface area contributed by atoms with Crippen LogP contribution in [0.25, 0.3) is 0 Å². The zero-order valence-electron chi connectivity index (χ0n) is 16.4. The van der Waals surface area contributed by atoms with Crippen LogP contribution in [0, 0.1) is 5.92 Å². The molecule has 2 aliphatic heterocycles. The summed E-state index contributed by atoms with van der Waals surface area (Å²) in [6.45, 7) is 7.56. The zero-order chi connectivity index (χ0) is 20.4. The van der Waals surface area contributed by atoms with Gasteiger partial charge in [-0.2, -0.15) is 0 Å². The molecule has 2 heterocycles. The molecule has 0 spiro atoms. The van der Waals surface area contributed by atoms with Gasteiger partial charge < -0.3 is 15.4 Å². The van der Waals surface area contributed by atoms with Crippen molar-refractivity contribution in [3.8, 4) is 0 Å². The van der Waals surface area contributed by atoms with Crippen LogP contribution in [0.15, 0.2) is 40.0 Å². The van der Waals surface area contributed by atoms with Crippen molar-refractivity contribution in [2.45, 2.75) is 51.4 Å². The first-order chi connectivity index (χ1) is 13.3. The maximum Gasteiger partial charge on any atom is 0.336 e. The fourth-order valence-corrected chi connectivity index (χ4v) is 4.97. The number of hydrogen-bond donors (Lipinski definition) is 3. The van der Waals surface area contributed by atoms with Gasteiger partial charge in [0.1, 0.15) is 5.50 Å². The number of nitrogens with one attached hydrogen (secondary N) is 3. The number of benzene rings is 1. The average Bonchev–Trinajstić information content (AvgIpc) is 2.60. The predicted octanol–water partition coefficient (Wildman–Crippen LogP) is 3.06. The number of fused-ring (bicyclic) bond motifs is 1. The standard InChI is InChI=1S/C20H26BrN3O3S/c1-5-28-20-23-17-16(18(25)24-20)15(12-7-6-8-13(21)9-12)14(11(4)22-17)19(26)27-10(2)3/h6-10,15-17,20,22-23H,5H2,1-4H3,(H,24,25). The van der Waals surface area contributed by atoms with Gasteiger partial charge >= 0.3 is 5.97 Å². The third-order valence-electron chi connectivity index (χ3n) is 4.82. The lowest BCUT2D eigenvalue weighted by atomic mass is 9.74. The molecular weight excluding hydrogens is 442 g/mol. The number of amides is 1. The Balaban J connectivity index is 2.06. The average molecular weight is 468 g/mol. The quantitative estimate of drug-likeness (QED) is 0.577. The van der Waals surface area contributed by atoms with E-state index < -0.39 is 11.8 Å². The molecule has 0 saturated carbocycles. The Labute approximate surface area is 178 Å².